The zero-order valence-electron chi connectivity index (χ0n) is 15.0. The van der Waals surface area contributed by atoms with Gasteiger partial charge in [-0.2, -0.15) is 0 Å². The number of carbonyl (C=O) groups excluding carboxylic acids is 4. The van der Waals surface area contributed by atoms with Crippen molar-refractivity contribution in [1.29, 1.82) is 0 Å². The van der Waals surface area contributed by atoms with Gasteiger partial charge in [-0.25, -0.2) is 4.79 Å². The molecule has 2 aromatic carbocycles. The minimum absolute atomic E-state index is 0.183. The summed E-state index contributed by atoms with van der Waals surface area (Å²) in [6.07, 6.45) is -0.657. The molecule has 0 unspecified atom stereocenters. The summed E-state index contributed by atoms with van der Waals surface area (Å²) in [6, 6.07) is 12.4. The second kappa shape index (κ2) is 8.22. The van der Waals surface area contributed by atoms with Gasteiger partial charge in [0.15, 0.2) is 6.10 Å². The molecule has 7 nitrogen and oxygen atoms in total. The number of amides is 3. The van der Waals surface area contributed by atoms with Gasteiger partial charge in [0.2, 0.25) is 11.8 Å². The van der Waals surface area contributed by atoms with Crippen LogP contribution >= 0.6 is 11.6 Å². The first-order chi connectivity index (χ1) is 13.3. The van der Waals surface area contributed by atoms with E-state index in [4.69, 9.17) is 16.3 Å². The summed E-state index contributed by atoms with van der Waals surface area (Å²) >= 11 is 5.79. The number of nitrogens with zero attached hydrogens (tertiary/aromatic N) is 1. The lowest BCUT2D eigenvalue weighted by Gasteiger charge is -2.15. The molecule has 0 bridgehead atoms. The number of halogens is 1. The fourth-order valence-electron chi connectivity index (χ4n) is 2.67. The first kappa shape index (κ1) is 19.6. The highest BCUT2D eigenvalue weighted by molar-refractivity contribution is 6.30. The van der Waals surface area contributed by atoms with Crippen molar-refractivity contribution in [3.05, 3.63) is 59.1 Å². The maximum atomic E-state index is 12.3. The van der Waals surface area contributed by atoms with E-state index in [0.29, 0.717) is 16.4 Å². The first-order valence-corrected chi connectivity index (χ1v) is 8.96. The molecule has 3 rings (SSSR count). The van der Waals surface area contributed by atoms with Gasteiger partial charge in [-0.1, -0.05) is 11.6 Å². The number of nitrogens with one attached hydrogen (secondary N) is 1. The van der Waals surface area contributed by atoms with Gasteiger partial charge in [0.05, 0.1) is 11.3 Å². The van der Waals surface area contributed by atoms with Crippen LogP contribution in [0.4, 0.5) is 11.4 Å². The minimum atomic E-state index is -1.02. The highest BCUT2D eigenvalue weighted by Crippen LogP contribution is 2.23. The summed E-state index contributed by atoms with van der Waals surface area (Å²) in [5.74, 6) is -1.72. The van der Waals surface area contributed by atoms with Crippen molar-refractivity contribution in [2.45, 2.75) is 25.9 Å². The normalized spacial score (nSPS) is 14.7. The zero-order valence-corrected chi connectivity index (χ0v) is 15.7. The summed E-state index contributed by atoms with van der Waals surface area (Å²) in [5, 5.41) is 3.17. The molecule has 0 aliphatic carbocycles. The van der Waals surface area contributed by atoms with Gasteiger partial charge in [0.25, 0.3) is 5.91 Å². The zero-order chi connectivity index (χ0) is 20.3. The number of hydrogen-bond acceptors (Lipinski definition) is 5. The third-order valence-corrected chi connectivity index (χ3v) is 4.43. The summed E-state index contributed by atoms with van der Waals surface area (Å²) in [7, 11) is 0. The lowest BCUT2D eigenvalue weighted by atomic mass is 10.2. The molecule has 28 heavy (non-hydrogen) atoms. The molecule has 0 spiro atoms. The van der Waals surface area contributed by atoms with Crippen molar-refractivity contribution in [3.8, 4) is 0 Å². The molecule has 1 fully saturated rings. The Morgan fingerprint density at radius 1 is 1.00 bits per heavy atom. The molecule has 144 valence electrons. The fraction of sp³-hybridized carbons (Fsp3) is 0.200. The molecule has 3 amide bonds. The lowest BCUT2D eigenvalue weighted by Crippen LogP contribution is -2.30. The van der Waals surface area contributed by atoms with E-state index in [0.717, 1.165) is 4.90 Å². The molecule has 0 saturated carbocycles. The van der Waals surface area contributed by atoms with Crippen LogP contribution in [0.15, 0.2) is 48.5 Å². The van der Waals surface area contributed by atoms with E-state index in [9.17, 15) is 19.2 Å². The van der Waals surface area contributed by atoms with Crippen molar-refractivity contribution in [1.82, 2.24) is 0 Å². The van der Waals surface area contributed by atoms with Gasteiger partial charge in [-0.3, -0.25) is 19.3 Å². The number of ether oxygens (including phenoxy) is 1. The van der Waals surface area contributed by atoms with E-state index < -0.39 is 18.0 Å². The van der Waals surface area contributed by atoms with E-state index in [2.05, 4.69) is 5.32 Å². The van der Waals surface area contributed by atoms with Gasteiger partial charge < -0.3 is 10.1 Å². The van der Waals surface area contributed by atoms with Crippen molar-refractivity contribution in [2.24, 2.45) is 0 Å². The summed E-state index contributed by atoms with van der Waals surface area (Å²) in [5.41, 5.74) is 1.13. The largest absolute Gasteiger partial charge is 0.449 e. The highest BCUT2D eigenvalue weighted by atomic mass is 35.5. The molecule has 1 aliphatic rings. The average molecular weight is 401 g/mol. The van der Waals surface area contributed by atoms with E-state index in [-0.39, 0.29) is 30.2 Å². The fourth-order valence-corrected chi connectivity index (χ4v) is 2.80. The predicted octanol–water partition coefficient (Wildman–Crippen LogP) is 3.18. The van der Waals surface area contributed by atoms with Crippen LogP contribution in [0.3, 0.4) is 0 Å². The Morgan fingerprint density at radius 2 is 1.57 bits per heavy atom. The number of anilines is 2. The van der Waals surface area contributed by atoms with Gasteiger partial charge in [-0.05, 0) is 55.5 Å². The van der Waals surface area contributed by atoms with Crippen LogP contribution in [0, 0.1) is 0 Å². The molecule has 0 aromatic heterocycles. The van der Waals surface area contributed by atoms with Crippen molar-refractivity contribution < 1.29 is 23.9 Å². The van der Waals surface area contributed by atoms with Crippen LogP contribution in [0.5, 0.6) is 0 Å². The maximum absolute atomic E-state index is 12.3. The standard InChI is InChI=1S/C20H17ClN2O5/c1-12(19(26)22-15-6-4-14(21)5-7-15)28-20(27)13-2-8-16(9-3-13)23-17(24)10-11-18(23)25/h2-9,12H,10-11H2,1H3,(H,22,26)/t12-/m1/s1. The number of rotatable bonds is 5. The van der Waals surface area contributed by atoms with E-state index >= 15 is 0 Å². The Labute approximate surface area is 166 Å². The molecule has 1 aliphatic heterocycles. The third-order valence-electron chi connectivity index (χ3n) is 4.18. The second-order valence-corrected chi connectivity index (χ2v) is 6.65. The van der Waals surface area contributed by atoms with Crippen molar-refractivity contribution in [2.75, 3.05) is 10.2 Å². The van der Waals surface area contributed by atoms with Crippen LogP contribution in [-0.4, -0.2) is 29.8 Å². The van der Waals surface area contributed by atoms with Crippen LogP contribution in [0.1, 0.15) is 30.1 Å². The van der Waals surface area contributed by atoms with Gasteiger partial charge in [0, 0.05) is 23.6 Å². The number of imide groups is 1. The van der Waals surface area contributed by atoms with E-state index in [1.807, 2.05) is 0 Å². The lowest BCUT2D eigenvalue weighted by molar-refractivity contribution is -0.124. The van der Waals surface area contributed by atoms with Crippen LogP contribution in [-0.2, 0) is 19.1 Å². The summed E-state index contributed by atoms with van der Waals surface area (Å²) < 4.78 is 5.18. The topological polar surface area (TPSA) is 92.8 Å². The smallest absolute Gasteiger partial charge is 0.338 e. The van der Waals surface area contributed by atoms with E-state index in [1.165, 1.54) is 31.2 Å². The summed E-state index contributed by atoms with van der Waals surface area (Å²) in [4.78, 5) is 49.0. The predicted molar refractivity (Wildman–Crippen MR) is 103 cm³/mol. The maximum Gasteiger partial charge on any atom is 0.338 e. The van der Waals surface area contributed by atoms with Gasteiger partial charge >= 0.3 is 5.97 Å². The number of esters is 1. The number of benzene rings is 2. The molecular weight excluding hydrogens is 384 g/mol. The molecule has 1 atom stereocenters. The van der Waals surface area contributed by atoms with Crippen LogP contribution in [0.2, 0.25) is 5.02 Å². The third kappa shape index (κ3) is 4.37. The van der Waals surface area contributed by atoms with E-state index in [1.54, 1.807) is 24.3 Å². The second-order valence-electron chi connectivity index (χ2n) is 6.21. The SMILES string of the molecule is C[C@@H](OC(=O)c1ccc(N2C(=O)CCC2=O)cc1)C(=O)Nc1ccc(Cl)cc1. The molecule has 8 heteroatoms. The van der Waals surface area contributed by atoms with Crippen molar-refractivity contribution >= 4 is 46.7 Å². The van der Waals surface area contributed by atoms with Gasteiger partial charge in [0.1, 0.15) is 0 Å². The number of carbonyl (C=O) groups is 4. The Kier molecular flexibility index (Phi) is 5.75. The molecular formula is C20H17ClN2O5. The summed E-state index contributed by atoms with van der Waals surface area (Å²) in [6.45, 7) is 1.46. The van der Waals surface area contributed by atoms with Crippen LogP contribution < -0.4 is 10.2 Å². The van der Waals surface area contributed by atoms with Crippen molar-refractivity contribution in [3.63, 3.8) is 0 Å². The molecule has 1 N–H and O–H groups in total. The monoisotopic (exact) mass is 400 g/mol. The Morgan fingerprint density at radius 3 is 2.14 bits per heavy atom. The number of hydrogen-bond donors (Lipinski definition) is 1. The molecule has 1 saturated heterocycles. The Balaban J connectivity index is 1.60. The van der Waals surface area contributed by atoms with Crippen LogP contribution in [0.25, 0.3) is 0 Å². The molecule has 1 heterocycles. The van der Waals surface area contributed by atoms with Gasteiger partial charge in [-0.15, -0.1) is 0 Å². The first-order valence-electron chi connectivity index (χ1n) is 8.58. The minimum Gasteiger partial charge on any atom is -0.449 e. The Bertz CT molecular complexity index is 909. The Hall–Kier alpha value is -3.19. The quantitative estimate of drug-likeness (QED) is 0.614. The average Bonchev–Trinajstić information content (AvgIpc) is 3.02. The highest BCUT2D eigenvalue weighted by Gasteiger charge is 2.30. The molecule has 0 radical (unpaired) electrons. The molecule has 2 aromatic rings.